The number of amides is 2. The summed E-state index contributed by atoms with van der Waals surface area (Å²) in [5.41, 5.74) is 0.608. The number of nitrogens with one attached hydrogen (secondary N) is 2. The van der Waals surface area contributed by atoms with Gasteiger partial charge in [-0.2, -0.15) is 0 Å². The van der Waals surface area contributed by atoms with Crippen LogP contribution in [0.15, 0.2) is 18.5 Å². The van der Waals surface area contributed by atoms with Gasteiger partial charge in [0.15, 0.2) is 0 Å². The molecule has 2 rings (SSSR count). The number of rotatable bonds is 6. The van der Waals surface area contributed by atoms with Crippen LogP contribution in [0.4, 0.5) is 0 Å². The Bertz CT molecular complexity index is 475. The van der Waals surface area contributed by atoms with Gasteiger partial charge < -0.3 is 15.2 Å². The van der Waals surface area contributed by atoms with Crippen molar-refractivity contribution in [1.82, 2.24) is 15.2 Å². The first-order valence-corrected chi connectivity index (χ1v) is 7.07. The summed E-state index contributed by atoms with van der Waals surface area (Å²) in [6.07, 6.45) is 6.27. The highest BCUT2D eigenvalue weighted by atomic mass is 16.2. The molecule has 0 bridgehead atoms. The lowest BCUT2D eigenvalue weighted by Crippen LogP contribution is -2.47. The summed E-state index contributed by atoms with van der Waals surface area (Å²) in [4.78, 5) is 28.6. The molecule has 1 aliphatic rings. The standard InChI is InChI=1S/C15H23N3O2/c1-11(19)17-15(2,3)8-14(20)18(13-4-5-13)10-12-6-7-16-9-12/h6-7,9,13,16H,4-5,8,10H2,1-3H3,(H,17,19). The minimum absolute atomic E-state index is 0.104. The fourth-order valence-electron chi connectivity index (χ4n) is 2.46. The number of hydrogen-bond acceptors (Lipinski definition) is 2. The lowest BCUT2D eigenvalue weighted by atomic mass is 9.99. The summed E-state index contributed by atoms with van der Waals surface area (Å²) in [6.45, 7) is 5.88. The Morgan fingerprint density at radius 1 is 1.45 bits per heavy atom. The molecule has 0 saturated heterocycles. The van der Waals surface area contributed by atoms with Crippen molar-refractivity contribution in [1.29, 1.82) is 0 Å². The molecule has 1 aromatic heterocycles. The predicted molar refractivity (Wildman–Crippen MR) is 76.9 cm³/mol. The largest absolute Gasteiger partial charge is 0.367 e. The third-order valence-corrected chi connectivity index (χ3v) is 3.43. The van der Waals surface area contributed by atoms with Crippen LogP contribution in [0.3, 0.4) is 0 Å². The van der Waals surface area contributed by atoms with E-state index in [2.05, 4.69) is 10.3 Å². The van der Waals surface area contributed by atoms with Crippen molar-refractivity contribution in [3.63, 3.8) is 0 Å². The summed E-state index contributed by atoms with van der Waals surface area (Å²) >= 11 is 0. The zero-order valence-corrected chi connectivity index (χ0v) is 12.4. The van der Waals surface area contributed by atoms with E-state index < -0.39 is 5.54 Å². The molecule has 0 unspecified atom stereocenters. The summed E-state index contributed by atoms with van der Waals surface area (Å²) in [5.74, 6) is -0.00106. The van der Waals surface area contributed by atoms with E-state index in [9.17, 15) is 9.59 Å². The Morgan fingerprint density at radius 2 is 2.15 bits per heavy atom. The number of carbonyl (C=O) groups is 2. The van der Waals surface area contributed by atoms with Gasteiger partial charge in [0.1, 0.15) is 0 Å². The molecule has 5 heteroatoms. The topological polar surface area (TPSA) is 65.2 Å². The summed E-state index contributed by atoms with van der Waals surface area (Å²) in [5, 5.41) is 2.83. The van der Waals surface area contributed by atoms with Crippen LogP contribution >= 0.6 is 0 Å². The van der Waals surface area contributed by atoms with Gasteiger partial charge in [0.25, 0.3) is 0 Å². The minimum Gasteiger partial charge on any atom is -0.367 e. The highest BCUT2D eigenvalue weighted by Crippen LogP contribution is 2.29. The molecule has 0 aromatic carbocycles. The van der Waals surface area contributed by atoms with Crippen molar-refractivity contribution in [3.05, 3.63) is 24.0 Å². The van der Waals surface area contributed by atoms with Crippen molar-refractivity contribution in [3.8, 4) is 0 Å². The van der Waals surface area contributed by atoms with Gasteiger partial charge in [0.05, 0.1) is 0 Å². The molecule has 110 valence electrons. The Morgan fingerprint density at radius 3 is 2.65 bits per heavy atom. The van der Waals surface area contributed by atoms with Crippen molar-refractivity contribution in [2.45, 2.75) is 58.2 Å². The van der Waals surface area contributed by atoms with Gasteiger partial charge in [-0.3, -0.25) is 9.59 Å². The van der Waals surface area contributed by atoms with Crippen LogP contribution in [0.25, 0.3) is 0 Å². The molecule has 5 nitrogen and oxygen atoms in total. The first-order chi connectivity index (χ1) is 9.37. The van der Waals surface area contributed by atoms with Gasteiger partial charge >= 0.3 is 0 Å². The Labute approximate surface area is 119 Å². The van der Waals surface area contributed by atoms with Crippen molar-refractivity contribution in [2.24, 2.45) is 0 Å². The van der Waals surface area contributed by atoms with Crippen LogP contribution < -0.4 is 5.32 Å². The normalized spacial score (nSPS) is 14.9. The number of hydrogen-bond donors (Lipinski definition) is 2. The molecule has 0 spiro atoms. The van der Waals surface area contributed by atoms with Crippen LogP contribution in [0.2, 0.25) is 0 Å². The molecule has 0 radical (unpaired) electrons. The second-order valence-corrected chi connectivity index (χ2v) is 6.21. The van der Waals surface area contributed by atoms with E-state index in [1.165, 1.54) is 6.92 Å². The zero-order chi connectivity index (χ0) is 14.8. The molecule has 1 aliphatic carbocycles. The van der Waals surface area contributed by atoms with E-state index in [-0.39, 0.29) is 11.8 Å². The maximum absolute atomic E-state index is 12.5. The molecule has 20 heavy (non-hydrogen) atoms. The molecule has 1 fully saturated rings. The van der Waals surface area contributed by atoms with Gasteiger partial charge in [-0.1, -0.05) is 0 Å². The number of aromatic nitrogens is 1. The molecule has 2 amide bonds. The van der Waals surface area contributed by atoms with Gasteiger partial charge in [0, 0.05) is 43.9 Å². The molecule has 2 N–H and O–H groups in total. The molecule has 1 saturated carbocycles. The van der Waals surface area contributed by atoms with E-state index in [1.807, 2.05) is 37.2 Å². The average Bonchev–Trinajstić information content (AvgIpc) is 3.00. The maximum Gasteiger partial charge on any atom is 0.225 e. The zero-order valence-electron chi connectivity index (χ0n) is 12.4. The first-order valence-electron chi connectivity index (χ1n) is 7.07. The van der Waals surface area contributed by atoms with Gasteiger partial charge in [0.2, 0.25) is 11.8 Å². The van der Waals surface area contributed by atoms with Gasteiger partial charge in [-0.15, -0.1) is 0 Å². The van der Waals surface area contributed by atoms with Crippen molar-refractivity contribution < 1.29 is 9.59 Å². The lowest BCUT2D eigenvalue weighted by molar-refractivity contribution is -0.134. The van der Waals surface area contributed by atoms with Gasteiger partial charge in [-0.05, 0) is 38.3 Å². The monoisotopic (exact) mass is 277 g/mol. The van der Waals surface area contributed by atoms with E-state index in [0.717, 1.165) is 18.4 Å². The van der Waals surface area contributed by atoms with E-state index in [1.54, 1.807) is 0 Å². The smallest absolute Gasteiger partial charge is 0.225 e. The van der Waals surface area contributed by atoms with E-state index in [4.69, 9.17) is 0 Å². The number of H-pyrrole nitrogens is 1. The van der Waals surface area contributed by atoms with Crippen LogP contribution in [-0.2, 0) is 16.1 Å². The quantitative estimate of drug-likeness (QED) is 0.833. The second kappa shape index (κ2) is 5.69. The minimum atomic E-state index is -0.506. The summed E-state index contributed by atoms with van der Waals surface area (Å²) in [6, 6.07) is 2.35. The molecule has 0 atom stereocenters. The van der Waals surface area contributed by atoms with Crippen molar-refractivity contribution >= 4 is 11.8 Å². The van der Waals surface area contributed by atoms with E-state index in [0.29, 0.717) is 19.0 Å². The number of aromatic amines is 1. The molecule has 1 heterocycles. The first kappa shape index (κ1) is 14.6. The van der Waals surface area contributed by atoms with E-state index >= 15 is 0 Å². The van der Waals surface area contributed by atoms with Crippen LogP contribution in [0.5, 0.6) is 0 Å². The summed E-state index contributed by atoms with van der Waals surface area (Å²) in [7, 11) is 0. The SMILES string of the molecule is CC(=O)NC(C)(C)CC(=O)N(Cc1cc[nH]c1)C1CC1. The third-order valence-electron chi connectivity index (χ3n) is 3.43. The lowest BCUT2D eigenvalue weighted by Gasteiger charge is -2.29. The third kappa shape index (κ3) is 4.11. The van der Waals surface area contributed by atoms with Crippen LogP contribution in [0.1, 0.15) is 45.6 Å². The Kier molecular flexibility index (Phi) is 4.16. The average molecular weight is 277 g/mol. The predicted octanol–water partition coefficient (Wildman–Crippen LogP) is 1.81. The molecule has 0 aliphatic heterocycles. The van der Waals surface area contributed by atoms with Crippen LogP contribution in [0, 0.1) is 0 Å². The van der Waals surface area contributed by atoms with Crippen molar-refractivity contribution in [2.75, 3.05) is 0 Å². The second-order valence-electron chi connectivity index (χ2n) is 6.21. The Balaban J connectivity index is 1.98. The fraction of sp³-hybridized carbons (Fsp3) is 0.600. The Hall–Kier alpha value is -1.78. The van der Waals surface area contributed by atoms with Gasteiger partial charge in [-0.25, -0.2) is 0 Å². The molecular formula is C15H23N3O2. The molecular weight excluding hydrogens is 254 g/mol. The number of carbonyl (C=O) groups excluding carboxylic acids is 2. The van der Waals surface area contributed by atoms with Crippen LogP contribution in [-0.4, -0.2) is 33.3 Å². The number of nitrogens with zero attached hydrogens (tertiary/aromatic N) is 1. The summed E-state index contributed by atoms with van der Waals surface area (Å²) < 4.78 is 0. The highest BCUT2D eigenvalue weighted by Gasteiger charge is 2.35. The highest BCUT2D eigenvalue weighted by molar-refractivity contribution is 5.80. The maximum atomic E-state index is 12.5. The molecule has 1 aromatic rings. The fourth-order valence-corrected chi connectivity index (χ4v) is 2.46.